The first-order chi connectivity index (χ1) is 15.8. The molecule has 2 aromatic rings. The predicted molar refractivity (Wildman–Crippen MR) is 119 cm³/mol. The molecule has 3 aliphatic rings. The minimum Gasteiger partial charge on any atom is -0.465 e. The van der Waals surface area contributed by atoms with E-state index in [2.05, 4.69) is 0 Å². The fraction of sp³-hybridized carbons (Fsp3) is 0.375. The van der Waals surface area contributed by atoms with Crippen LogP contribution in [0.25, 0.3) is 0 Å². The highest BCUT2D eigenvalue weighted by Crippen LogP contribution is 2.54. The monoisotopic (exact) mass is 451 g/mol. The zero-order valence-corrected chi connectivity index (χ0v) is 18.7. The molecular weight excluding hydrogens is 426 g/mol. The number of methoxy groups -OCH3 is 1. The molecule has 1 aromatic heterocycles. The van der Waals surface area contributed by atoms with Crippen LogP contribution in [0.4, 0.5) is 5.69 Å². The molecule has 0 radical (unpaired) electrons. The van der Waals surface area contributed by atoms with Crippen LogP contribution < -0.4 is 20.9 Å². The number of nitrogens with two attached hydrogens (primary N) is 1. The first-order valence-corrected chi connectivity index (χ1v) is 10.8. The zero-order chi connectivity index (χ0) is 23.5. The molecule has 1 amide bonds. The molecular formula is C24H25N3O6. The largest absolute Gasteiger partial charge is 0.465 e. The summed E-state index contributed by atoms with van der Waals surface area (Å²) in [7, 11) is 2.81. The summed E-state index contributed by atoms with van der Waals surface area (Å²) in [5.41, 5.74) is 5.59. The van der Waals surface area contributed by atoms with E-state index in [1.165, 1.54) is 12.0 Å². The van der Waals surface area contributed by atoms with Crippen LogP contribution in [0, 0.1) is 6.92 Å². The van der Waals surface area contributed by atoms with Gasteiger partial charge in [-0.15, -0.1) is 0 Å². The average Bonchev–Trinajstić information content (AvgIpc) is 3.39. The first-order valence-electron chi connectivity index (χ1n) is 10.8. The molecule has 5 rings (SSSR count). The van der Waals surface area contributed by atoms with Crippen LogP contribution in [0.2, 0.25) is 0 Å². The minimum atomic E-state index is -1.78. The fourth-order valence-corrected chi connectivity index (χ4v) is 5.26. The quantitative estimate of drug-likeness (QED) is 0.701. The highest BCUT2D eigenvalue weighted by molar-refractivity contribution is 6.18. The van der Waals surface area contributed by atoms with Crippen molar-refractivity contribution in [1.82, 2.24) is 4.57 Å². The van der Waals surface area contributed by atoms with Gasteiger partial charge < -0.3 is 29.4 Å². The number of esters is 1. The first kappa shape index (κ1) is 21.3. The van der Waals surface area contributed by atoms with Gasteiger partial charge in [0.05, 0.1) is 25.3 Å². The fourth-order valence-electron chi connectivity index (χ4n) is 5.26. The van der Waals surface area contributed by atoms with Crippen LogP contribution in [0.15, 0.2) is 46.6 Å². The van der Waals surface area contributed by atoms with Gasteiger partial charge >= 0.3 is 5.97 Å². The summed E-state index contributed by atoms with van der Waals surface area (Å²) in [6.45, 7) is 2.78. The molecule has 0 bridgehead atoms. The van der Waals surface area contributed by atoms with Crippen molar-refractivity contribution >= 4 is 17.6 Å². The van der Waals surface area contributed by atoms with Crippen LogP contribution in [0.1, 0.15) is 29.7 Å². The lowest BCUT2D eigenvalue weighted by Gasteiger charge is -2.35. The Morgan fingerprint density at radius 1 is 1.30 bits per heavy atom. The molecule has 2 atom stereocenters. The topological polar surface area (TPSA) is 113 Å². The average molecular weight is 451 g/mol. The Kier molecular flexibility index (Phi) is 4.82. The Morgan fingerprint density at radius 2 is 2.06 bits per heavy atom. The van der Waals surface area contributed by atoms with E-state index in [-0.39, 0.29) is 28.9 Å². The predicted octanol–water partition coefficient (Wildman–Crippen LogP) is 1.33. The second kappa shape index (κ2) is 7.48. The maximum atomic E-state index is 14.0. The molecule has 1 saturated heterocycles. The second-order valence-corrected chi connectivity index (χ2v) is 8.54. The molecule has 0 unspecified atom stereocenters. The van der Waals surface area contributed by atoms with Crippen LogP contribution >= 0.6 is 0 Å². The van der Waals surface area contributed by atoms with Crippen LogP contribution in [0.3, 0.4) is 0 Å². The molecule has 9 nitrogen and oxygen atoms in total. The smallest absolute Gasteiger partial charge is 0.340 e. The molecule has 33 heavy (non-hydrogen) atoms. The summed E-state index contributed by atoms with van der Waals surface area (Å²) in [5, 5.41) is 0. The van der Waals surface area contributed by atoms with Crippen molar-refractivity contribution in [3.8, 4) is 5.75 Å². The van der Waals surface area contributed by atoms with Gasteiger partial charge in [-0.05, 0) is 25.8 Å². The molecule has 172 valence electrons. The number of anilines is 1. The number of benzene rings is 1. The number of aryl methyl sites for hydroxylation is 1. The van der Waals surface area contributed by atoms with Gasteiger partial charge in [0.25, 0.3) is 5.56 Å². The number of hydrogen-bond acceptors (Lipinski definition) is 7. The SMILES string of the molecule is COC(=O)C1=C(N)Oc2cc(C)n(C[C@H]3CCCO3)c(=O)c2[C@@]12C(=O)N(C)c1ccccc12. The number of fused-ring (bicyclic) bond motifs is 4. The van der Waals surface area contributed by atoms with Crippen LogP contribution in [-0.2, 0) is 31.0 Å². The molecule has 9 heteroatoms. The van der Waals surface area contributed by atoms with Crippen molar-refractivity contribution in [3.63, 3.8) is 0 Å². The molecule has 4 heterocycles. The highest BCUT2D eigenvalue weighted by atomic mass is 16.5. The Bertz CT molecular complexity index is 1270. The maximum absolute atomic E-state index is 14.0. The number of carbonyl (C=O) groups is 2. The number of pyridine rings is 1. The maximum Gasteiger partial charge on any atom is 0.340 e. The van der Waals surface area contributed by atoms with Gasteiger partial charge in [0.15, 0.2) is 0 Å². The van der Waals surface area contributed by atoms with Crippen molar-refractivity contribution in [1.29, 1.82) is 0 Å². The van der Waals surface area contributed by atoms with Crippen molar-refractivity contribution in [3.05, 3.63) is 69.0 Å². The third-order valence-electron chi connectivity index (χ3n) is 6.78. The lowest BCUT2D eigenvalue weighted by Crippen LogP contribution is -2.51. The van der Waals surface area contributed by atoms with Gasteiger partial charge in [-0.1, -0.05) is 18.2 Å². The third kappa shape index (κ3) is 2.78. The van der Waals surface area contributed by atoms with Gasteiger partial charge in [0.2, 0.25) is 11.8 Å². The molecule has 0 aliphatic carbocycles. The van der Waals surface area contributed by atoms with E-state index in [0.717, 1.165) is 12.8 Å². The molecule has 1 aromatic carbocycles. The van der Waals surface area contributed by atoms with Gasteiger partial charge in [0, 0.05) is 36.7 Å². The van der Waals surface area contributed by atoms with Gasteiger partial charge in [-0.25, -0.2) is 4.79 Å². The zero-order valence-electron chi connectivity index (χ0n) is 18.7. The highest BCUT2D eigenvalue weighted by Gasteiger charge is 2.62. The van der Waals surface area contributed by atoms with Crippen molar-refractivity contribution in [2.75, 3.05) is 25.7 Å². The van der Waals surface area contributed by atoms with Gasteiger partial charge in [-0.3, -0.25) is 9.59 Å². The number of para-hydroxylation sites is 1. The number of likely N-dealkylation sites (N-methyl/N-ethyl adjacent to an activating group) is 1. The summed E-state index contributed by atoms with van der Waals surface area (Å²) in [6.07, 6.45) is 1.67. The van der Waals surface area contributed by atoms with E-state index in [1.807, 2.05) is 0 Å². The second-order valence-electron chi connectivity index (χ2n) is 8.54. The van der Waals surface area contributed by atoms with Gasteiger partial charge in [0.1, 0.15) is 16.7 Å². The van der Waals surface area contributed by atoms with Gasteiger partial charge in [-0.2, -0.15) is 0 Å². The summed E-state index contributed by atoms with van der Waals surface area (Å²) < 4.78 is 18.1. The van der Waals surface area contributed by atoms with Crippen LogP contribution in [0.5, 0.6) is 5.75 Å². The molecule has 0 saturated carbocycles. The van der Waals surface area contributed by atoms with E-state index in [1.54, 1.807) is 48.9 Å². The lowest BCUT2D eigenvalue weighted by atomic mass is 9.68. The Balaban J connectivity index is 1.86. The Hall–Kier alpha value is -3.59. The van der Waals surface area contributed by atoms with E-state index >= 15 is 0 Å². The number of aromatic nitrogens is 1. The lowest BCUT2D eigenvalue weighted by molar-refractivity contribution is -0.138. The molecule has 1 fully saturated rings. The van der Waals surface area contributed by atoms with Crippen molar-refractivity contribution < 1.29 is 23.8 Å². The number of hydrogen-bond donors (Lipinski definition) is 1. The molecule has 3 aliphatic heterocycles. The number of carbonyl (C=O) groups excluding carboxylic acids is 2. The summed E-state index contributed by atoms with van der Waals surface area (Å²) in [6, 6.07) is 8.72. The van der Waals surface area contributed by atoms with Crippen molar-refractivity contribution in [2.24, 2.45) is 5.73 Å². The third-order valence-corrected chi connectivity index (χ3v) is 6.78. The van der Waals surface area contributed by atoms with E-state index in [9.17, 15) is 14.4 Å². The van der Waals surface area contributed by atoms with E-state index in [0.29, 0.717) is 30.1 Å². The molecule has 2 N–H and O–H groups in total. The molecule has 1 spiro atoms. The Morgan fingerprint density at radius 3 is 2.76 bits per heavy atom. The normalized spacial score (nSPS) is 23.5. The number of rotatable bonds is 3. The standard InChI is InChI=1S/C24H25N3O6/c1-13-11-17-18(21(28)27(13)12-14-7-6-10-32-14)24(19(20(25)33-17)22(29)31-3)15-8-4-5-9-16(15)26(2)23(24)30/h4-5,8-9,11,14H,6-7,10,12,25H2,1-3H3/t14-,24-/m1/s1. The summed E-state index contributed by atoms with van der Waals surface area (Å²) >= 11 is 0. The number of nitrogens with zero attached hydrogens (tertiary/aromatic N) is 2. The number of amides is 1. The summed E-state index contributed by atoms with van der Waals surface area (Å²) in [4.78, 5) is 42.5. The van der Waals surface area contributed by atoms with E-state index in [4.69, 9.17) is 19.9 Å². The number of ether oxygens (including phenoxy) is 3. The summed E-state index contributed by atoms with van der Waals surface area (Å²) in [5.74, 6) is -1.41. The Labute approximate surface area is 190 Å². The van der Waals surface area contributed by atoms with E-state index < -0.39 is 22.9 Å². The minimum absolute atomic E-state index is 0.0579. The van der Waals surface area contributed by atoms with Crippen molar-refractivity contribution in [2.45, 2.75) is 37.8 Å². The van der Waals surface area contributed by atoms with Crippen LogP contribution in [-0.4, -0.2) is 43.3 Å².